The molecule has 0 spiro atoms. The minimum Gasteiger partial charge on any atom is -0.392 e. The second-order valence-electron chi connectivity index (χ2n) is 4.88. The fraction of sp³-hybridized carbons (Fsp3) is 0.538. The molecule has 1 aliphatic carbocycles. The van der Waals surface area contributed by atoms with Gasteiger partial charge in [-0.05, 0) is 36.5 Å². The van der Waals surface area contributed by atoms with Gasteiger partial charge in [0.05, 0.1) is 6.10 Å². The zero-order valence-electron chi connectivity index (χ0n) is 9.17. The van der Waals surface area contributed by atoms with E-state index >= 15 is 0 Å². The molecule has 0 fully saturated rings. The Hall–Kier alpha value is -0.820. The lowest BCUT2D eigenvalue weighted by Crippen LogP contribution is -2.38. The van der Waals surface area contributed by atoms with Crippen molar-refractivity contribution in [2.45, 2.75) is 45.1 Å². The van der Waals surface area contributed by atoms with Gasteiger partial charge in [0, 0.05) is 5.41 Å². The third kappa shape index (κ3) is 1.27. The first-order valence-electron chi connectivity index (χ1n) is 5.30. The van der Waals surface area contributed by atoms with E-state index < -0.39 is 0 Å². The zero-order valence-corrected chi connectivity index (χ0v) is 9.17. The molecule has 1 aromatic rings. The monoisotopic (exact) mass is 190 g/mol. The maximum Gasteiger partial charge on any atom is 0.0634 e. The van der Waals surface area contributed by atoms with Crippen LogP contribution in [0.2, 0.25) is 0 Å². The molecule has 1 nitrogen and oxygen atoms in total. The molecule has 0 aliphatic heterocycles. The zero-order chi connectivity index (χ0) is 10.3. The van der Waals surface area contributed by atoms with E-state index in [1.54, 1.807) is 0 Å². The molecule has 0 aromatic heterocycles. The van der Waals surface area contributed by atoms with Crippen molar-refractivity contribution < 1.29 is 5.11 Å². The SMILES string of the molecule is Cc1cccc2c1CCC(O)C2(C)C. The van der Waals surface area contributed by atoms with Gasteiger partial charge in [0.25, 0.3) is 0 Å². The predicted octanol–water partition coefficient (Wildman–Crippen LogP) is 2.58. The van der Waals surface area contributed by atoms with Crippen LogP contribution in [0, 0.1) is 6.92 Å². The number of benzene rings is 1. The molecule has 0 saturated heterocycles. The first-order valence-corrected chi connectivity index (χ1v) is 5.30. The van der Waals surface area contributed by atoms with E-state index in [2.05, 4.69) is 39.0 Å². The highest BCUT2D eigenvalue weighted by atomic mass is 16.3. The average Bonchev–Trinajstić information content (AvgIpc) is 2.13. The van der Waals surface area contributed by atoms with Crippen LogP contribution in [-0.4, -0.2) is 11.2 Å². The normalized spacial score (nSPS) is 24.4. The molecule has 1 aliphatic rings. The van der Waals surface area contributed by atoms with Crippen molar-refractivity contribution in [3.05, 3.63) is 34.9 Å². The minimum absolute atomic E-state index is 0.0837. The molecule has 0 heterocycles. The summed E-state index contributed by atoms with van der Waals surface area (Å²) in [7, 11) is 0. The standard InChI is InChI=1S/C13H18O/c1-9-5-4-6-11-10(9)7-8-12(14)13(11,2)3/h4-6,12,14H,7-8H2,1-3H3. The summed E-state index contributed by atoms with van der Waals surface area (Å²) in [5.74, 6) is 0. The van der Waals surface area contributed by atoms with Crippen LogP contribution in [0.1, 0.15) is 37.0 Å². The number of aryl methyl sites for hydroxylation is 1. The Morgan fingerprint density at radius 3 is 2.79 bits per heavy atom. The van der Waals surface area contributed by atoms with E-state index in [4.69, 9.17) is 0 Å². The van der Waals surface area contributed by atoms with Crippen LogP contribution in [0.25, 0.3) is 0 Å². The van der Waals surface area contributed by atoms with Gasteiger partial charge in [-0.1, -0.05) is 32.0 Å². The summed E-state index contributed by atoms with van der Waals surface area (Å²) in [5, 5.41) is 9.97. The Labute approximate surface area is 85.8 Å². The van der Waals surface area contributed by atoms with E-state index in [1.165, 1.54) is 16.7 Å². The van der Waals surface area contributed by atoms with Crippen LogP contribution >= 0.6 is 0 Å². The van der Waals surface area contributed by atoms with Gasteiger partial charge in [-0.15, -0.1) is 0 Å². The molecule has 0 amide bonds. The Kier molecular flexibility index (Phi) is 2.15. The maximum atomic E-state index is 9.97. The number of hydrogen-bond acceptors (Lipinski definition) is 1. The highest BCUT2D eigenvalue weighted by molar-refractivity contribution is 5.41. The molecule has 14 heavy (non-hydrogen) atoms. The number of hydrogen-bond donors (Lipinski definition) is 1. The Balaban J connectivity index is 2.59. The highest BCUT2D eigenvalue weighted by Crippen LogP contribution is 2.37. The molecule has 1 heteroatoms. The van der Waals surface area contributed by atoms with Gasteiger partial charge in [0.1, 0.15) is 0 Å². The summed E-state index contributed by atoms with van der Waals surface area (Å²) >= 11 is 0. The van der Waals surface area contributed by atoms with Crippen molar-refractivity contribution in [1.29, 1.82) is 0 Å². The van der Waals surface area contributed by atoms with E-state index in [0.29, 0.717) is 0 Å². The lowest BCUT2D eigenvalue weighted by molar-refractivity contribution is 0.0830. The van der Waals surface area contributed by atoms with E-state index in [9.17, 15) is 5.11 Å². The molecular formula is C13H18O. The van der Waals surface area contributed by atoms with Crippen molar-refractivity contribution in [1.82, 2.24) is 0 Å². The fourth-order valence-electron chi connectivity index (χ4n) is 2.46. The van der Waals surface area contributed by atoms with Crippen LogP contribution in [0.4, 0.5) is 0 Å². The fourth-order valence-corrected chi connectivity index (χ4v) is 2.46. The molecule has 0 saturated carbocycles. The smallest absolute Gasteiger partial charge is 0.0634 e. The van der Waals surface area contributed by atoms with Crippen molar-refractivity contribution in [3.8, 4) is 0 Å². The third-order valence-electron chi connectivity index (χ3n) is 3.61. The summed E-state index contributed by atoms with van der Waals surface area (Å²) < 4.78 is 0. The van der Waals surface area contributed by atoms with Crippen LogP contribution in [0.3, 0.4) is 0 Å². The Morgan fingerprint density at radius 2 is 2.07 bits per heavy atom. The molecule has 1 unspecified atom stereocenters. The minimum atomic E-state index is -0.197. The molecule has 1 aromatic carbocycles. The van der Waals surface area contributed by atoms with Gasteiger partial charge in [-0.3, -0.25) is 0 Å². The topological polar surface area (TPSA) is 20.2 Å². The molecular weight excluding hydrogens is 172 g/mol. The quantitative estimate of drug-likeness (QED) is 0.666. The van der Waals surface area contributed by atoms with E-state index in [0.717, 1.165) is 12.8 Å². The molecule has 0 radical (unpaired) electrons. The van der Waals surface area contributed by atoms with Crippen molar-refractivity contribution >= 4 is 0 Å². The number of rotatable bonds is 0. The molecule has 2 rings (SSSR count). The first-order chi connectivity index (χ1) is 6.53. The Bertz CT molecular complexity index is 352. The molecule has 76 valence electrons. The molecule has 1 N–H and O–H groups in total. The summed E-state index contributed by atoms with van der Waals surface area (Å²) in [5.41, 5.74) is 4.06. The van der Waals surface area contributed by atoms with Crippen molar-refractivity contribution in [2.24, 2.45) is 0 Å². The van der Waals surface area contributed by atoms with Gasteiger partial charge < -0.3 is 5.11 Å². The lowest BCUT2D eigenvalue weighted by Gasteiger charge is -2.38. The number of fused-ring (bicyclic) bond motifs is 1. The van der Waals surface area contributed by atoms with E-state index in [-0.39, 0.29) is 11.5 Å². The molecule has 0 bridgehead atoms. The largest absolute Gasteiger partial charge is 0.392 e. The summed E-state index contributed by atoms with van der Waals surface area (Å²) in [6.45, 7) is 6.43. The Morgan fingerprint density at radius 1 is 1.36 bits per heavy atom. The van der Waals surface area contributed by atoms with Crippen molar-refractivity contribution in [2.75, 3.05) is 0 Å². The van der Waals surface area contributed by atoms with Crippen LogP contribution in [-0.2, 0) is 11.8 Å². The summed E-state index contributed by atoms with van der Waals surface area (Å²) in [4.78, 5) is 0. The third-order valence-corrected chi connectivity index (χ3v) is 3.61. The van der Waals surface area contributed by atoms with Crippen molar-refractivity contribution in [3.63, 3.8) is 0 Å². The van der Waals surface area contributed by atoms with Gasteiger partial charge in [-0.2, -0.15) is 0 Å². The lowest BCUT2D eigenvalue weighted by atomic mass is 9.70. The van der Waals surface area contributed by atoms with E-state index in [1.807, 2.05) is 0 Å². The van der Waals surface area contributed by atoms with Crippen LogP contribution < -0.4 is 0 Å². The predicted molar refractivity (Wildman–Crippen MR) is 58.5 cm³/mol. The van der Waals surface area contributed by atoms with Gasteiger partial charge in [0.2, 0.25) is 0 Å². The summed E-state index contributed by atoms with van der Waals surface area (Å²) in [6.07, 6.45) is 1.72. The first kappa shape index (κ1) is 9.72. The van der Waals surface area contributed by atoms with Gasteiger partial charge in [-0.25, -0.2) is 0 Å². The average molecular weight is 190 g/mol. The summed E-state index contributed by atoms with van der Waals surface area (Å²) in [6, 6.07) is 6.41. The van der Waals surface area contributed by atoms with Gasteiger partial charge >= 0.3 is 0 Å². The van der Waals surface area contributed by atoms with Crippen LogP contribution in [0.5, 0.6) is 0 Å². The molecule has 1 atom stereocenters. The van der Waals surface area contributed by atoms with Gasteiger partial charge in [0.15, 0.2) is 0 Å². The second-order valence-corrected chi connectivity index (χ2v) is 4.88. The number of aliphatic hydroxyl groups excluding tert-OH is 1. The maximum absolute atomic E-state index is 9.97. The second kappa shape index (κ2) is 3.09. The number of aliphatic hydroxyl groups is 1. The van der Waals surface area contributed by atoms with Crippen LogP contribution in [0.15, 0.2) is 18.2 Å². The highest BCUT2D eigenvalue weighted by Gasteiger charge is 2.35.